The lowest BCUT2D eigenvalue weighted by atomic mass is 9.69. The van der Waals surface area contributed by atoms with E-state index in [1.807, 2.05) is 0 Å². The lowest BCUT2D eigenvalue weighted by Gasteiger charge is -2.34. The molecule has 0 spiro atoms. The molecule has 17 aromatic rings. The van der Waals surface area contributed by atoms with Crippen LogP contribution in [0.15, 0.2) is 182 Å². The van der Waals surface area contributed by atoms with Gasteiger partial charge in [0.15, 0.2) is 0 Å². The van der Waals surface area contributed by atoms with Crippen LogP contribution in [0.3, 0.4) is 0 Å². The van der Waals surface area contributed by atoms with E-state index in [1.54, 1.807) is 22.3 Å². The zero-order valence-electron chi connectivity index (χ0n) is 60.1. The summed E-state index contributed by atoms with van der Waals surface area (Å²) in [6.45, 7) is 9.44. The standard InChI is InChI=1S/C100H98/c1-5-9-13-17-21-27-54-99(55-28-22-18-14-10-6-2)83-47-26-25-36-67(83)68-51-48-63(60-84(68)99)64-49-52-69-70-53-50-65(62-86(70)100(85(69)61-64,56-29-23-19-15-11-7-3)57-30-24-20-16-12-8-4)66-58-81-79-45-34-43-77-75-41-32-39-73-71-37-31-38-72-74-40-33-42-76-78-44-35-46-80-82(59-66)92(81)98-96(90(77)79)94(88(73)75)93(87(71)72)95(89(74)76)97(98)91(78)80/h25-26,31-53,58-62H,5-24,27-30,54-57H2,1-4H3. The van der Waals surface area contributed by atoms with Crippen LogP contribution in [-0.2, 0) is 10.8 Å². The summed E-state index contributed by atoms with van der Waals surface area (Å²) in [7, 11) is 0. The molecule has 2 aliphatic carbocycles. The average molecular weight is 1300 g/mol. The second-order valence-electron chi connectivity index (χ2n) is 31.9. The molecule has 0 unspecified atom stereocenters. The summed E-state index contributed by atoms with van der Waals surface area (Å²) in [5.41, 5.74) is 17.7. The minimum absolute atomic E-state index is 0.0402. The minimum Gasteiger partial charge on any atom is -0.0654 e. The Kier molecular flexibility index (Phi) is 15.7. The van der Waals surface area contributed by atoms with Gasteiger partial charge in [-0.05, 0) is 252 Å². The van der Waals surface area contributed by atoms with E-state index in [-0.39, 0.29) is 10.8 Å². The molecule has 2 aliphatic rings. The third-order valence-corrected chi connectivity index (χ3v) is 26.3. The number of hydrogen-bond donors (Lipinski definition) is 0. The van der Waals surface area contributed by atoms with Gasteiger partial charge in [-0.3, -0.25) is 0 Å². The third kappa shape index (κ3) is 9.22. The van der Waals surface area contributed by atoms with Gasteiger partial charge in [-0.25, -0.2) is 0 Å². The van der Waals surface area contributed by atoms with Gasteiger partial charge in [-0.2, -0.15) is 0 Å². The molecular weight excluding hydrogens is 1200 g/mol. The van der Waals surface area contributed by atoms with Crippen molar-refractivity contribution in [3.8, 4) is 44.5 Å². The molecule has 0 saturated carbocycles. The molecule has 0 amide bonds. The summed E-state index contributed by atoms with van der Waals surface area (Å²) in [6.07, 6.45) is 36.5. The number of benzene rings is 17. The van der Waals surface area contributed by atoms with Gasteiger partial charge in [0, 0.05) is 10.8 Å². The van der Waals surface area contributed by atoms with Gasteiger partial charge in [0.1, 0.15) is 0 Å². The van der Waals surface area contributed by atoms with E-state index >= 15 is 0 Å². The first kappa shape index (κ1) is 62.4. The molecule has 0 nitrogen and oxygen atoms in total. The predicted octanol–water partition coefficient (Wildman–Crippen LogP) is 31.0. The Bertz CT molecular complexity index is 5620. The third-order valence-electron chi connectivity index (χ3n) is 26.3. The Labute approximate surface area is 592 Å². The molecule has 0 radical (unpaired) electrons. The maximum Gasteiger partial charge on any atom is 0.0215 e. The largest absolute Gasteiger partial charge is 0.0654 e. The number of fused-ring (bicyclic) bond motifs is 12. The highest BCUT2D eigenvalue weighted by atomic mass is 14.5. The zero-order chi connectivity index (χ0) is 66.8. The molecule has 17 aromatic carbocycles. The topological polar surface area (TPSA) is 0 Å². The van der Waals surface area contributed by atoms with Gasteiger partial charge in [0.2, 0.25) is 0 Å². The smallest absolute Gasteiger partial charge is 0.0215 e. The van der Waals surface area contributed by atoms with E-state index in [9.17, 15) is 0 Å². The van der Waals surface area contributed by atoms with E-state index in [0.717, 1.165) is 0 Å². The lowest BCUT2D eigenvalue weighted by Crippen LogP contribution is -2.26. The van der Waals surface area contributed by atoms with E-state index in [4.69, 9.17) is 0 Å². The fraction of sp³-hybridized carbons (Fsp3) is 0.340. The van der Waals surface area contributed by atoms with Crippen LogP contribution in [0.25, 0.3) is 174 Å². The number of hydrogen-bond acceptors (Lipinski definition) is 0. The average Bonchev–Trinajstić information content (AvgIpc) is 0.821. The Balaban J connectivity index is 0.805. The van der Waals surface area contributed by atoms with Gasteiger partial charge in [-0.15, -0.1) is 0 Å². The van der Waals surface area contributed by atoms with Gasteiger partial charge >= 0.3 is 0 Å². The van der Waals surface area contributed by atoms with E-state index < -0.39 is 0 Å². The molecule has 0 heterocycles. The molecule has 0 atom stereocenters. The summed E-state index contributed by atoms with van der Waals surface area (Å²) in [5, 5.41) is 34.0. The van der Waals surface area contributed by atoms with Crippen molar-refractivity contribution in [2.24, 2.45) is 0 Å². The van der Waals surface area contributed by atoms with Crippen LogP contribution in [-0.4, -0.2) is 0 Å². The molecular formula is C100H98. The normalized spacial score (nSPS) is 14.3. The van der Waals surface area contributed by atoms with Gasteiger partial charge in [0.25, 0.3) is 0 Å². The fourth-order valence-corrected chi connectivity index (χ4v) is 21.8. The van der Waals surface area contributed by atoms with Crippen LogP contribution in [0, 0.1) is 0 Å². The predicted molar refractivity (Wildman–Crippen MR) is 439 cm³/mol. The van der Waals surface area contributed by atoms with Crippen LogP contribution in [0.2, 0.25) is 0 Å². The highest BCUT2D eigenvalue weighted by Crippen LogP contribution is 2.63. The first-order valence-corrected chi connectivity index (χ1v) is 40.2. The molecule has 498 valence electrons. The Hall–Kier alpha value is -8.58. The molecule has 0 aliphatic heterocycles. The first-order chi connectivity index (χ1) is 49.5. The van der Waals surface area contributed by atoms with Crippen molar-refractivity contribution in [2.75, 3.05) is 0 Å². The Morgan fingerprint density at radius 1 is 0.180 bits per heavy atom. The van der Waals surface area contributed by atoms with Crippen molar-refractivity contribution in [1.29, 1.82) is 0 Å². The Morgan fingerprint density at radius 3 is 0.730 bits per heavy atom. The fourth-order valence-electron chi connectivity index (χ4n) is 21.8. The van der Waals surface area contributed by atoms with Gasteiger partial charge in [-0.1, -0.05) is 333 Å². The summed E-state index contributed by atoms with van der Waals surface area (Å²) in [5.74, 6) is 0. The van der Waals surface area contributed by atoms with Crippen LogP contribution in [0.5, 0.6) is 0 Å². The van der Waals surface area contributed by atoms with Crippen molar-refractivity contribution in [1.82, 2.24) is 0 Å². The zero-order valence-corrected chi connectivity index (χ0v) is 60.1. The van der Waals surface area contributed by atoms with Crippen LogP contribution < -0.4 is 0 Å². The summed E-state index contributed by atoms with van der Waals surface area (Å²) < 4.78 is 0. The Morgan fingerprint density at radius 2 is 0.420 bits per heavy atom. The second-order valence-corrected chi connectivity index (χ2v) is 31.9. The molecule has 0 N–H and O–H groups in total. The summed E-state index contributed by atoms with van der Waals surface area (Å²) in [4.78, 5) is 0. The number of unbranched alkanes of at least 4 members (excludes halogenated alkanes) is 20. The maximum atomic E-state index is 2.76. The van der Waals surface area contributed by atoms with Gasteiger partial charge in [0.05, 0.1) is 0 Å². The van der Waals surface area contributed by atoms with Crippen molar-refractivity contribution in [3.63, 3.8) is 0 Å². The second kappa shape index (κ2) is 25.2. The molecule has 0 fully saturated rings. The molecule has 0 aromatic heterocycles. The van der Waals surface area contributed by atoms with E-state index in [0.29, 0.717) is 0 Å². The first-order valence-electron chi connectivity index (χ1n) is 40.2. The van der Waals surface area contributed by atoms with Crippen molar-refractivity contribution in [3.05, 3.63) is 204 Å². The molecule has 0 bridgehead atoms. The maximum absolute atomic E-state index is 2.76. The minimum atomic E-state index is -0.108. The monoisotopic (exact) mass is 1300 g/mol. The van der Waals surface area contributed by atoms with Gasteiger partial charge < -0.3 is 0 Å². The molecule has 19 rings (SSSR count). The highest BCUT2D eigenvalue weighted by molar-refractivity contribution is 6.61. The van der Waals surface area contributed by atoms with Crippen LogP contribution in [0.1, 0.15) is 230 Å². The summed E-state index contributed by atoms with van der Waals surface area (Å²) in [6, 6.07) is 74.8. The lowest BCUT2D eigenvalue weighted by molar-refractivity contribution is 0.397. The van der Waals surface area contributed by atoms with Crippen molar-refractivity contribution >= 4 is 129 Å². The van der Waals surface area contributed by atoms with Crippen molar-refractivity contribution < 1.29 is 0 Å². The molecule has 0 saturated heterocycles. The van der Waals surface area contributed by atoms with Crippen molar-refractivity contribution in [2.45, 2.75) is 218 Å². The van der Waals surface area contributed by atoms with E-state index in [2.05, 4.69) is 210 Å². The van der Waals surface area contributed by atoms with Crippen LogP contribution >= 0.6 is 0 Å². The van der Waals surface area contributed by atoms with Crippen LogP contribution in [0.4, 0.5) is 0 Å². The molecule has 0 heteroatoms. The number of rotatable bonds is 30. The van der Waals surface area contributed by atoms with E-state index in [1.165, 1.54) is 354 Å². The SMILES string of the molecule is CCCCCCCCC1(CCCCCCCC)c2ccccc2-c2ccc(-c3ccc4c(c3)C(CCCCCCCC)(CCCCCCCC)c3cc(-c5cc6c7cccc8c9cccc%10c%11cccc%12c%13cccc%14c%15cccc%16c(c5)c6c5c(c87)c(c%109)c(c%11%12)c(c%13%14)c5c%15%16)ccc3-4)cc21. The quantitative estimate of drug-likeness (QED) is 0.0239. The molecule has 100 heavy (non-hydrogen) atoms. The highest BCUT2D eigenvalue weighted by Gasteiger charge is 2.45. The summed E-state index contributed by atoms with van der Waals surface area (Å²) >= 11 is 0.